The van der Waals surface area contributed by atoms with Gasteiger partial charge in [-0.1, -0.05) is 0 Å². The van der Waals surface area contributed by atoms with Crippen molar-refractivity contribution in [2.24, 2.45) is 5.73 Å². The smallest absolute Gasteiger partial charge is 0.416 e. The summed E-state index contributed by atoms with van der Waals surface area (Å²) in [6.07, 6.45) is -8.68. The average molecular weight is 807 g/mol. The molecule has 22 heteroatoms. The lowest BCUT2D eigenvalue weighted by Gasteiger charge is -2.16. The number of anilines is 2. The maximum Gasteiger partial charge on any atom is 0.416 e. The van der Waals surface area contributed by atoms with Crippen LogP contribution < -0.4 is 20.5 Å². The van der Waals surface area contributed by atoms with Crippen molar-refractivity contribution in [2.75, 3.05) is 22.0 Å². The number of nitrogens with two attached hydrogens (primary N) is 1. The van der Waals surface area contributed by atoms with E-state index >= 15 is 0 Å². The Balaban J connectivity index is 0.000000395. The number of hydrogen-bond donors (Lipinski definition) is 4. The van der Waals surface area contributed by atoms with E-state index in [-0.39, 0.29) is 17.2 Å². The molecule has 4 aromatic rings. The number of hydrogen-bond acceptors (Lipinski definition) is 7. The summed E-state index contributed by atoms with van der Waals surface area (Å²) in [4.78, 5) is 12.5. The molecule has 1 heterocycles. The molecule has 0 aliphatic heterocycles. The predicted octanol–water partition coefficient (Wildman–Crippen LogP) is 7.48. The van der Waals surface area contributed by atoms with Crippen LogP contribution >= 0.6 is 0 Å². The number of nitrogens with one attached hydrogen (secondary N) is 3. The van der Waals surface area contributed by atoms with E-state index in [2.05, 4.69) is 5.32 Å². The van der Waals surface area contributed by atoms with Gasteiger partial charge in [0.05, 0.1) is 29.7 Å². The topological polar surface area (TPSA) is 161 Å². The molecule has 3 aromatic carbocycles. The maximum absolute atomic E-state index is 14.2. The van der Waals surface area contributed by atoms with Gasteiger partial charge >= 0.3 is 12.4 Å². The van der Waals surface area contributed by atoms with Gasteiger partial charge in [-0.15, -0.1) is 0 Å². The number of carbonyl (C=O) groups is 1. The maximum atomic E-state index is 14.2. The molecule has 1 unspecified atom stereocenters. The SMILES string of the molecule is CC(NC(=O)c1ccc(-c2cc(C(F)(F)F)cc(C(F)(F)F)c2)o1)c1cc(F)c(NS(C)(=O)=O)c(F)c1.C[C@@H](N)c1cc(F)c(NS(C)(=O)=O)c(F)c1. The minimum Gasteiger partial charge on any atom is -0.451 e. The van der Waals surface area contributed by atoms with E-state index in [1.165, 1.54) is 6.92 Å². The predicted molar refractivity (Wildman–Crippen MR) is 172 cm³/mol. The number of rotatable bonds is 9. The zero-order valence-electron chi connectivity index (χ0n) is 27.5. The standard InChI is InChI=1S/C22H16F8N2O4S.C9H12F2N2O2S/c1-10(11-7-15(23)19(16(24)8-11)32-37(2,34)35)31-20(33)18-4-3-17(36-18)12-5-13(21(25,26)27)9-14(6-12)22(28,29)30;1-5(12)6-3-7(10)9(8(11)4-6)13-16(2,14)15/h3-10,32H,1-2H3,(H,31,33);3-5,13H,12H2,1-2H3/t;5-/m.1/s1. The zero-order valence-corrected chi connectivity index (χ0v) is 29.1. The minimum atomic E-state index is -5.09. The van der Waals surface area contributed by atoms with Gasteiger partial charge in [0.15, 0.2) is 29.0 Å². The quantitative estimate of drug-likeness (QED) is 0.128. The molecule has 1 aromatic heterocycles. The fourth-order valence-corrected chi connectivity index (χ4v) is 5.46. The minimum absolute atomic E-state index is 0.0588. The van der Waals surface area contributed by atoms with Gasteiger partial charge in [-0.25, -0.2) is 34.4 Å². The second kappa shape index (κ2) is 15.6. The van der Waals surface area contributed by atoms with Crippen LogP contribution in [-0.2, 0) is 32.4 Å². The van der Waals surface area contributed by atoms with Gasteiger partial charge < -0.3 is 15.5 Å². The normalized spacial score (nSPS) is 13.4. The lowest BCUT2D eigenvalue weighted by Crippen LogP contribution is -2.26. The molecule has 0 bridgehead atoms. The summed E-state index contributed by atoms with van der Waals surface area (Å²) in [7, 11) is -7.71. The van der Waals surface area contributed by atoms with Gasteiger partial charge in [-0.05, 0) is 79.6 Å². The van der Waals surface area contributed by atoms with E-state index in [1.807, 2.05) is 0 Å². The van der Waals surface area contributed by atoms with E-state index in [0.29, 0.717) is 18.4 Å². The fraction of sp³-hybridized carbons (Fsp3) is 0.258. The fourth-order valence-electron chi connectivity index (χ4n) is 4.33. The Morgan fingerprint density at radius 1 is 0.679 bits per heavy atom. The summed E-state index contributed by atoms with van der Waals surface area (Å²) < 4.78 is 187. The summed E-state index contributed by atoms with van der Waals surface area (Å²) in [6, 6.07) is 4.68. The van der Waals surface area contributed by atoms with Crippen LogP contribution in [0.3, 0.4) is 0 Å². The van der Waals surface area contributed by atoms with E-state index in [1.54, 1.807) is 16.4 Å². The van der Waals surface area contributed by atoms with Crippen molar-refractivity contribution >= 4 is 37.3 Å². The molecule has 290 valence electrons. The van der Waals surface area contributed by atoms with Crippen LogP contribution in [0.15, 0.2) is 59.0 Å². The molecular formula is C31H28F10N4O6S2. The third-order valence-electron chi connectivity index (χ3n) is 6.78. The van der Waals surface area contributed by atoms with Crippen LogP contribution in [0.4, 0.5) is 55.3 Å². The van der Waals surface area contributed by atoms with Crippen LogP contribution in [0.5, 0.6) is 0 Å². The van der Waals surface area contributed by atoms with Gasteiger partial charge in [-0.2, -0.15) is 26.3 Å². The number of halogens is 10. The van der Waals surface area contributed by atoms with Crippen molar-refractivity contribution in [3.63, 3.8) is 0 Å². The highest BCUT2D eigenvalue weighted by molar-refractivity contribution is 7.92. The summed E-state index contributed by atoms with van der Waals surface area (Å²) in [5.74, 6) is -6.50. The van der Waals surface area contributed by atoms with Crippen molar-refractivity contribution < 1.29 is 70.0 Å². The first-order chi connectivity index (χ1) is 24.1. The molecule has 0 radical (unpaired) electrons. The molecule has 0 aliphatic rings. The van der Waals surface area contributed by atoms with Crippen LogP contribution in [0, 0.1) is 23.3 Å². The average Bonchev–Trinajstić information content (AvgIpc) is 3.50. The second-order valence-corrected chi connectivity index (χ2v) is 14.9. The molecule has 10 nitrogen and oxygen atoms in total. The summed E-state index contributed by atoms with van der Waals surface area (Å²) in [5.41, 5.74) is 0.228. The first-order valence-electron chi connectivity index (χ1n) is 14.4. The molecule has 1 amide bonds. The highest BCUT2D eigenvalue weighted by atomic mass is 32.2. The molecule has 0 fully saturated rings. The third-order valence-corrected chi connectivity index (χ3v) is 7.93. The molecule has 53 heavy (non-hydrogen) atoms. The zero-order chi connectivity index (χ0) is 40.4. The molecule has 0 spiro atoms. The largest absolute Gasteiger partial charge is 0.451 e. The highest BCUT2D eigenvalue weighted by Gasteiger charge is 2.37. The Kier molecular flexibility index (Phi) is 12.6. The molecule has 5 N–H and O–H groups in total. The Bertz CT molecular complexity index is 2140. The van der Waals surface area contributed by atoms with Crippen molar-refractivity contribution in [1.82, 2.24) is 5.32 Å². The van der Waals surface area contributed by atoms with Crippen LogP contribution in [-0.4, -0.2) is 35.3 Å². The molecule has 2 atom stereocenters. The lowest BCUT2D eigenvalue weighted by molar-refractivity contribution is -0.143. The molecule has 4 rings (SSSR count). The Hall–Kier alpha value is -4.83. The Labute approximate surface area is 295 Å². The number of sulfonamides is 2. The number of alkyl halides is 6. The van der Waals surface area contributed by atoms with Crippen molar-refractivity contribution in [3.8, 4) is 11.3 Å². The lowest BCUT2D eigenvalue weighted by atomic mass is 10.0. The van der Waals surface area contributed by atoms with Gasteiger partial charge in [-0.3, -0.25) is 14.2 Å². The van der Waals surface area contributed by atoms with E-state index in [9.17, 15) is 65.5 Å². The summed E-state index contributed by atoms with van der Waals surface area (Å²) >= 11 is 0. The van der Waals surface area contributed by atoms with Crippen molar-refractivity contribution in [1.29, 1.82) is 0 Å². The van der Waals surface area contributed by atoms with E-state index < -0.39 is 113 Å². The molecule has 0 saturated heterocycles. The first kappa shape index (κ1) is 42.6. The first-order valence-corrected chi connectivity index (χ1v) is 18.2. The Morgan fingerprint density at radius 2 is 1.08 bits per heavy atom. The van der Waals surface area contributed by atoms with E-state index in [0.717, 1.165) is 42.7 Å². The molecular weight excluding hydrogens is 778 g/mol. The Morgan fingerprint density at radius 3 is 1.43 bits per heavy atom. The van der Waals surface area contributed by atoms with E-state index in [4.69, 9.17) is 10.2 Å². The second-order valence-electron chi connectivity index (χ2n) is 11.4. The number of carbonyl (C=O) groups excluding carboxylic acids is 1. The summed E-state index contributed by atoms with van der Waals surface area (Å²) in [5, 5.41) is 2.31. The summed E-state index contributed by atoms with van der Waals surface area (Å²) in [6.45, 7) is 2.87. The van der Waals surface area contributed by atoms with Gasteiger partial charge in [0.1, 0.15) is 17.1 Å². The van der Waals surface area contributed by atoms with Gasteiger partial charge in [0, 0.05) is 11.6 Å². The molecule has 0 saturated carbocycles. The number of furan rings is 1. The number of amides is 1. The third kappa shape index (κ3) is 11.8. The van der Waals surface area contributed by atoms with Crippen molar-refractivity contribution in [2.45, 2.75) is 38.3 Å². The number of benzene rings is 3. The van der Waals surface area contributed by atoms with Gasteiger partial charge in [0.25, 0.3) is 5.91 Å². The highest BCUT2D eigenvalue weighted by Crippen LogP contribution is 2.39. The van der Waals surface area contributed by atoms with Crippen LogP contribution in [0.2, 0.25) is 0 Å². The molecule has 0 aliphatic carbocycles. The van der Waals surface area contributed by atoms with Gasteiger partial charge in [0.2, 0.25) is 20.0 Å². The van der Waals surface area contributed by atoms with Crippen LogP contribution in [0.1, 0.15) is 58.7 Å². The van der Waals surface area contributed by atoms with Crippen molar-refractivity contribution in [3.05, 3.63) is 106 Å². The monoisotopic (exact) mass is 806 g/mol. The van der Waals surface area contributed by atoms with Crippen LogP contribution in [0.25, 0.3) is 11.3 Å².